The molecule has 2 aliphatic heterocycles. The normalized spacial score (nSPS) is 20.6. The monoisotopic (exact) mass is 503 g/mol. The molecule has 2 aromatic rings. The standard InChI is InChI=1S/C24H30ClN5OS2/c1-27(2)32-30-14-12-29(13-15-30)22-17-26-23(19-6-5-7-21(16-19)33(4)31)24(28(22)3)18-8-10-20(25)11-9-18/h5-11,16-17,24H,12-15H2,1-4H3. The Morgan fingerprint density at radius 3 is 2.42 bits per heavy atom. The first-order valence-electron chi connectivity index (χ1n) is 10.9. The molecule has 4 rings (SSSR count). The van der Waals surface area contributed by atoms with E-state index in [4.69, 9.17) is 16.6 Å². The van der Waals surface area contributed by atoms with Gasteiger partial charge in [-0.2, -0.15) is 0 Å². The predicted molar refractivity (Wildman–Crippen MR) is 140 cm³/mol. The Bertz CT molecular complexity index is 1060. The van der Waals surface area contributed by atoms with Crippen molar-refractivity contribution in [3.05, 3.63) is 76.7 Å². The van der Waals surface area contributed by atoms with Crippen LogP contribution in [0.25, 0.3) is 0 Å². The zero-order valence-electron chi connectivity index (χ0n) is 19.4. The van der Waals surface area contributed by atoms with Gasteiger partial charge >= 0.3 is 0 Å². The highest BCUT2D eigenvalue weighted by atomic mass is 35.5. The summed E-state index contributed by atoms with van der Waals surface area (Å²) < 4.78 is 16.6. The molecule has 2 unspecified atom stereocenters. The summed E-state index contributed by atoms with van der Waals surface area (Å²) in [5, 5.41) is 0.712. The Labute approximate surface area is 208 Å². The quantitative estimate of drug-likeness (QED) is 0.553. The van der Waals surface area contributed by atoms with Crippen molar-refractivity contribution in [1.29, 1.82) is 0 Å². The summed E-state index contributed by atoms with van der Waals surface area (Å²) in [6.45, 7) is 3.86. The number of hydrogen-bond donors (Lipinski definition) is 0. The second kappa shape index (κ2) is 10.6. The number of hydrogen-bond acceptors (Lipinski definition) is 7. The molecule has 9 heteroatoms. The van der Waals surface area contributed by atoms with Crippen molar-refractivity contribution in [1.82, 2.24) is 18.4 Å². The zero-order valence-corrected chi connectivity index (χ0v) is 21.8. The van der Waals surface area contributed by atoms with E-state index >= 15 is 0 Å². The summed E-state index contributed by atoms with van der Waals surface area (Å²) in [7, 11) is 5.23. The number of rotatable bonds is 6. The Kier molecular flexibility index (Phi) is 7.81. The molecule has 2 aliphatic rings. The molecule has 2 aromatic carbocycles. The molecule has 1 fully saturated rings. The summed E-state index contributed by atoms with van der Waals surface area (Å²) in [5.74, 6) is 1.11. The Morgan fingerprint density at radius 1 is 1.09 bits per heavy atom. The fourth-order valence-electron chi connectivity index (χ4n) is 4.23. The van der Waals surface area contributed by atoms with E-state index in [9.17, 15) is 4.21 Å². The average Bonchev–Trinajstić information content (AvgIpc) is 2.80. The molecule has 0 radical (unpaired) electrons. The van der Waals surface area contributed by atoms with Crippen LogP contribution >= 0.6 is 23.7 Å². The molecule has 2 heterocycles. The molecule has 0 N–H and O–H groups in total. The highest BCUT2D eigenvalue weighted by molar-refractivity contribution is 7.94. The maximum atomic E-state index is 12.1. The minimum absolute atomic E-state index is 0.0722. The minimum atomic E-state index is -1.05. The van der Waals surface area contributed by atoms with Gasteiger partial charge < -0.3 is 9.80 Å². The van der Waals surface area contributed by atoms with Gasteiger partial charge in [-0.15, -0.1) is 0 Å². The van der Waals surface area contributed by atoms with Crippen LogP contribution in [-0.2, 0) is 10.8 Å². The number of halogens is 1. The largest absolute Gasteiger partial charge is 0.354 e. The van der Waals surface area contributed by atoms with Gasteiger partial charge in [-0.25, -0.2) is 8.61 Å². The van der Waals surface area contributed by atoms with Gasteiger partial charge in [0.05, 0.1) is 18.0 Å². The molecule has 0 spiro atoms. The van der Waals surface area contributed by atoms with Gasteiger partial charge in [-0.05, 0) is 49.5 Å². The highest BCUT2D eigenvalue weighted by Crippen LogP contribution is 2.34. The van der Waals surface area contributed by atoms with Crippen LogP contribution in [0, 0.1) is 0 Å². The summed E-state index contributed by atoms with van der Waals surface area (Å²) >= 11 is 7.96. The lowest BCUT2D eigenvalue weighted by atomic mass is 9.94. The number of likely N-dealkylation sites (N-methyl/N-ethyl adjacent to an activating group) is 1. The van der Waals surface area contributed by atoms with Gasteiger partial charge in [0, 0.05) is 72.3 Å². The van der Waals surface area contributed by atoms with Crippen molar-refractivity contribution in [2.45, 2.75) is 10.9 Å². The van der Waals surface area contributed by atoms with Crippen LogP contribution in [0.2, 0.25) is 5.02 Å². The molecule has 33 heavy (non-hydrogen) atoms. The fraction of sp³-hybridized carbons (Fsp3) is 0.375. The topological polar surface area (TPSA) is 42.4 Å². The average molecular weight is 504 g/mol. The van der Waals surface area contributed by atoms with Gasteiger partial charge in [0.1, 0.15) is 5.82 Å². The van der Waals surface area contributed by atoms with E-state index in [2.05, 4.69) is 51.7 Å². The smallest absolute Gasteiger partial charge is 0.123 e. The number of nitrogens with zero attached hydrogens (tertiary/aromatic N) is 5. The summed E-state index contributed by atoms with van der Waals surface area (Å²) in [5.41, 5.74) is 3.05. The van der Waals surface area contributed by atoms with Gasteiger partial charge in [0.25, 0.3) is 0 Å². The summed E-state index contributed by atoms with van der Waals surface area (Å²) in [6, 6.07) is 15.8. The Morgan fingerprint density at radius 2 is 1.79 bits per heavy atom. The first-order valence-corrected chi connectivity index (χ1v) is 13.6. The number of aliphatic imine (C=N–C) groups is 1. The van der Waals surface area contributed by atoms with Crippen molar-refractivity contribution >= 4 is 40.2 Å². The molecular weight excluding hydrogens is 474 g/mol. The summed E-state index contributed by atoms with van der Waals surface area (Å²) in [6.07, 6.45) is 3.68. The molecule has 2 atom stereocenters. The second-order valence-corrected chi connectivity index (χ2v) is 11.6. The molecule has 0 amide bonds. The molecular formula is C24H30ClN5OS2. The molecule has 0 aromatic heterocycles. The van der Waals surface area contributed by atoms with Crippen LogP contribution < -0.4 is 0 Å². The minimum Gasteiger partial charge on any atom is -0.354 e. The third-order valence-corrected chi connectivity index (χ3v) is 7.91. The Hall–Kier alpha value is -1.84. The Balaban J connectivity index is 1.67. The van der Waals surface area contributed by atoms with Crippen LogP contribution in [0.15, 0.2) is 70.4 Å². The molecule has 6 nitrogen and oxygen atoms in total. The van der Waals surface area contributed by atoms with Gasteiger partial charge in [0.15, 0.2) is 0 Å². The fourth-order valence-corrected chi connectivity index (χ4v) is 5.71. The van der Waals surface area contributed by atoms with Crippen molar-refractivity contribution < 1.29 is 4.21 Å². The van der Waals surface area contributed by atoms with E-state index in [-0.39, 0.29) is 6.04 Å². The van der Waals surface area contributed by atoms with Crippen molar-refractivity contribution in [2.24, 2.45) is 4.99 Å². The molecule has 0 saturated carbocycles. The van der Waals surface area contributed by atoms with Crippen molar-refractivity contribution in [3.63, 3.8) is 0 Å². The van der Waals surface area contributed by atoms with Crippen LogP contribution in [0.3, 0.4) is 0 Å². The van der Waals surface area contributed by atoms with Crippen LogP contribution in [0.4, 0.5) is 0 Å². The van der Waals surface area contributed by atoms with Gasteiger partial charge in [0.2, 0.25) is 0 Å². The lowest BCUT2D eigenvalue weighted by molar-refractivity contribution is 0.168. The predicted octanol–water partition coefficient (Wildman–Crippen LogP) is 4.09. The van der Waals surface area contributed by atoms with Gasteiger partial charge in [-0.3, -0.25) is 9.20 Å². The second-order valence-electron chi connectivity index (χ2n) is 8.36. The van der Waals surface area contributed by atoms with Crippen molar-refractivity contribution in [3.8, 4) is 0 Å². The van der Waals surface area contributed by atoms with E-state index in [1.807, 2.05) is 42.6 Å². The van der Waals surface area contributed by atoms with Gasteiger partial charge in [-0.1, -0.05) is 35.9 Å². The molecule has 1 saturated heterocycles. The van der Waals surface area contributed by atoms with E-state index in [1.54, 1.807) is 18.4 Å². The summed E-state index contributed by atoms with van der Waals surface area (Å²) in [4.78, 5) is 10.5. The number of piperazine rings is 1. The van der Waals surface area contributed by atoms with Crippen LogP contribution in [0.5, 0.6) is 0 Å². The zero-order chi connectivity index (χ0) is 23.5. The molecule has 176 valence electrons. The first-order chi connectivity index (χ1) is 15.8. The molecule has 0 aliphatic carbocycles. The lowest BCUT2D eigenvalue weighted by Gasteiger charge is -2.44. The molecule has 0 bridgehead atoms. The van der Waals surface area contributed by atoms with E-state index in [0.717, 1.165) is 53.7 Å². The van der Waals surface area contributed by atoms with Crippen molar-refractivity contribution in [2.75, 3.05) is 53.6 Å². The van der Waals surface area contributed by atoms with E-state index in [0.29, 0.717) is 5.02 Å². The SMILES string of the molecule is CN(C)SN1CCN(C2=CN=C(c3cccc(S(C)=O)c3)C(c3ccc(Cl)cc3)N2C)CC1. The maximum Gasteiger partial charge on any atom is 0.123 e. The third-order valence-electron chi connectivity index (χ3n) is 5.82. The number of benzene rings is 2. The van der Waals surface area contributed by atoms with Crippen LogP contribution in [-0.4, -0.2) is 81.9 Å². The van der Waals surface area contributed by atoms with Crippen LogP contribution in [0.1, 0.15) is 17.2 Å². The maximum absolute atomic E-state index is 12.1. The van der Waals surface area contributed by atoms with E-state index in [1.165, 1.54) is 0 Å². The lowest BCUT2D eigenvalue weighted by Crippen LogP contribution is -2.48. The van der Waals surface area contributed by atoms with E-state index < -0.39 is 10.8 Å². The highest BCUT2D eigenvalue weighted by Gasteiger charge is 2.32. The third kappa shape index (κ3) is 5.63. The first kappa shape index (κ1) is 24.3.